The van der Waals surface area contributed by atoms with Gasteiger partial charge in [0.2, 0.25) is 0 Å². The zero-order valence-electron chi connectivity index (χ0n) is 11.6. The van der Waals surface area contributed by atoms with Gasteiger partial charge in [-0.1, -0.05) is 26.0 Å². The van der Waals surface area contributed by atoms with Crippen LogP contribution in [0.25, 0.3) is 0 Å². The average Bonchev–Trinajstić information content (AvgIpc) is 2.67. The van der Waals surface area contributed by atoms with Gasteiger partial charge in [0.1, 0.15) is 0 Å². The Balaban J connectivity index is 0.000000312. The van der Waals surface area contributed by atoms with E-state index in [4.69, 9.17) is 4.84 Å². The number of hydrogen-bond donors (Lipinski definition) is 1. The minimum absolute atomic E-state index is 0.297. The Morgan fingerprint density at radius 3 is 1.79 bits per heavy atom. The predicted molar refractivity (Wildman–Crippen MR) is 72.8 cm³/mol. The number of hydroxylamine groups is 2. The molecular formula is C14H20N2O3. The minimum atomic E-state index is -0.382. The van der Waals surface area contributed by atoms with E-state index < -0.39 is 0 Å². The number of nitrogens with one attached hydrogen (secondary N) is 1. The first-order chi connectivity index (χ1) is 9.17. The van der Waals surface area contributed by atoms with Crippen LogP contribution >= 0.6 is 0 Å². The summed E-state index contributed by atoms with van der Waals surface area (Å²) >= 11 is 0. The van der Waals surface area contributed by atoms with Crippen LogP contribution in [-0.2, 0) is 4.84 Å². The lowest BCUT2D eigenvalue weighted by Gasteiger charge is -2.10. The lowest BCUT2D eigenvalue weighted by molar-refractivity contribution is -0.0863. The van der Waals surface area contributed by atoms with Crippen molar-refractivity contribution in [1.82, 2.24) is 10.4 Å². The number of imide groups is 1. The van der Waals surface area contributed by atoms with Gasteiger partial charge in [0, 0.05) is 0 Å². The second-order valence-corrected chi connectivity index (χ2v) is 3.83. The van der Waals surface area contributed by atoms with E-state index in [1.165, 1.54) is 0 Å². The van der Waals surface area contributed by atoms with E-state index in [0.717, 1.165) is 18.2 Å². The minimum Gasteiger partial charge on any atom is -0.317 e. The number of rotatable bonds is 4. The number of nitrogens with zero attached hydrogens (tertiary/aromatic N) is 1. The van der Waals surface area contributed by atoms with Gasteiger partial charge in [-0.25, -0.2) is 0 Å². The quantitative estimate of drug-likeness (QED) is 0.843. The van der Waals surface area contributed by atoms with Crippen molar-refractivity contribution in [2.75, 3.05) is 19.7 Å². The third-order valence-electron chi connectivity index (χ3n) is 2.51. The van der Waals surface area contributed by atoms with E-state index >= 15 is 0 Å². The van der Waals surface area contributed by atoms with Crippen molar-refractivity contribution in [3.05, 3.63) is 35.4 Å². The molecule has 2 rings (SSSR count). The molecule has 0 spiro atoms. The second kappa shape index (κ2) is 7.66. The number of fused-ring (bicyclic) bond motifs is 1. The molecule has 104 valence electrons. The Bertz CT molecular complexity index is 409. The van der Waals surface area contributed by atoms with Gasteiger partial charge in [-0.3, -0.25) is 14.4 Å². The van der Waals surface area contributed by atoms with E-state index in [-0.39, 0.29) is 11.8 Å². The van der Waals surface area contributed by atoms with Crippen LogP contribution in [0.3, 0.4) is 0 Å². The van der Waals surface area contributed by atoms with Gasteiger partial charge in [-0.2, -0.15) is 0 Å². The first-order valence-electron chi connectivity index (χ1n) is 6.48. The Morgan fingerprint density at radius 1 is 1.00 bits per heavy atom. The molecular weight excluding hydrogens is 244 g/mol. The number of amides is 2. The van der Waals surface area contributed by atoms with Gasteiger partial charge in [-0.15, -0.1) is 5.06 Å². The molecule has 0 fully saturated rings. The Hall–Kier alpha value is -1.72. The smallest absolute Gasteiger partial charge is 0.285 e. The molecule has 5 heteroatoms. The maximum absolute atomic E-state index is 11.6. The van der Waals surface area contributed by atoms with Crippen LogP contribution in [0, 0.1) is 0 Å². The van der Waals surface area contributed by atoms with Gasteiger partial charge in [0.15, 0.2) is 0 Å². The van der Waals surface area contributed by atoms with Gasteiger partial charge >= 0.3 is 0 Å². The SMILES string of the molecule is CCNCC.CCON1C(=O)c2ccccc2C1=O. The molecule has 0 saturated heterocycles. The van der Waals surface area contributed by atoms with Crippen molar-refractivity contribution in [2.24, 2.45) is 0 Å². The number of hydrogen-bond acceptors (Lipinski definition) is 4. The lowest BCUT2D eigenvalue weighted by Crippen LogP contribution is -2.29. The lowest BCUT2D eigenvalue weighted by atomic mass is 10.1. The van der Waals surface area contributed by atoms with Crippen LogP contribution < -0.4 is 5.32 Å². The van der Waals surface area contributed by atoms with Crippen molar-refractivity contribution in [3.8, 4) is 0 Å². The fraction of sp³-hybridized carbons (Fsp3) is 0.429. The zero-order chi connectivity index (χ0) is 14.3. The molecule has 0 saturated carbocycles. The van der Waals surface area contributed by atoms with E-state index in [1.807, 2.05) is 0 Å². The molecule has 1 N–H and O–H groups in total. The average molecular weight is 264 g/mol. The largest absolute Gasteiger partial charge is 0.317 e. The number of carbonyl (C=O) groups excluding carboxylic acids is 2. The van der Waals surface area contributed by atoms with Crippen LogP contribution in [-0.4, -0.2) is 36.6 Å². The molecule has 0 aliphatic carbocycles. The Morgan fingerprint density at radius 2 is 1.47 bits per heavy atom. The summed E-state index contributed by atoms with van der Waals surface area (Å²) in [6, 6.07) is 6.68. The third kappa shape index (κ3) is 3.62. The summed E-state index contributed by atoms with van der Waals surface area (Å²) in [6.45, 7) is 8.41. The molecule has 2 amide bonds. The summed E-state index contributed by atoms with van der Waals surface area (Å²) in [7, 11) is 0. The van der Waals surface area contributed by atoms with E-state index in [9.17, 15) is 9.59 Å². The van der Waals surface area contributed by atoms with Gasteiger partial charge in [-0.05, 0) is 32.1 Å². The van der Waals surface area contributed by atoms with Crippen molar-refractivity contribution in [1.29, 1.82) is 0 Å². The van der Waals surface area contributed by atoms with Crippen LogP contribution in [0.1, 0.15) is 41.5 Å². The zero-order valence-corrected chi connectivity index (χ0v) is 11.6. The maximum Gasteiger partial charge on any atom is 0.285 e. The normalized spacial score (nSPS) is 13.1. The van der Waals surface area contributed by atoms with Crippen molar-refractivity contribution >= 4 is 11.8 Å². The van der Waals surface area contributed by atoms with Crippen LogP contribution in [0.5, 0.6) is 0 Å². The van der Waals surface area contributed by atoms with Crippen molar-refractivity contribution in [3.63, 3.8) is 0 Å². The van der Waals surface area contributed by atoms with Crippen molar-refractivity contribution < 1.29 is 14.4 Å². The Labute approximate surface area is 113 Å². The predicted octanol–water partition coefficient (Wildman–Crippen LogP) is 1.85. The standard InChI is InChI=1S/C10H9NO3.C4H11N/c1-2-14-11-9(12)7-5-3-4-6-8(7)10(11)13;1-3-5-4-2/h3-6H,2H2,1H3;5H,3-4H2,1-2H3. The molecule has 19 heavy (non-hydrogen) atoms. The maximum atomic E-state index is 11.6. The summed E-state index contributed by atoms with van der Waals surface area (Å²) in [5.41, 5.74) is 0.817. The van der Waals surface area contributed by atoms with Crippen LogP contribution in [0.4, 0.5) is 0 Å². The highest BCUT2D eigenvalue weighted by Gasteiger charge is 2.35. The molecule has 0 aromatic heterocycles. The number of benzene rings is 1. The molecule has 1 aromatic carbocycles. The highest BCUT2D eigenvalue weighted by Crippen LogP contribution is 2.22. The highest BCUT2D eigenvalue weighted by molar-refractivity contribution is 6.20. The van der Waals surface area contributed by atoms with Crippen molar-refractivity contribution in [2.45, 2.75) is 20.8 Å². The molecule has 5 nitrogen and oxygen atoms in total. The fourth-order valence-electron chi connectivity index (χ4n) is 1.66. The fourth-order valence-corrected chi connectivity index (χ4v) is 1.66. The second-order valence-electron chi connectivity index (χ2n) is 3.83. The molecule has 1 aromatic rings. The summed E-state index contributed by atoms with van der Waals surface area (Å²) < 4.78 is 0. The summed E-state index contributed by atoms with van der Waals surface area (Å²) in [5.74, 6) is -0.764. The molecule has 1 heterocycles. The summed E-state index contributed by atoms with van der Waals surface area (Å²) in [4.78, 5) is 28.1. The molecule has 0 atom stereocenters. The monoisotopic (exact) mass is 264 g/mol. The first kappa shape index (κ1) is 15.3. The molecule has 1 aliphatic heterocycles. The van der Waals surface area contributed by atoms with Gasteiger partial charge in [0.05, 0.1) is 17.7 Å². The number of carbonyl (C=O) groups is 2. The molecule has 0 unspecified atom stereocenters. The third-order valence-corrected chi connectivity index (χ3v) is 2.51. The highest BCUT2D eigenvalue weighted by atomic mass is 16.7. The molecule has 1 aliphatic rings. The van der Waals surface area contributed by atoms with E-state index in [1.54, 1.807) is 31.2 Å². The van der Waals surface area contributed by atoms with Gasteiger partial charge in [0.25, 0.3) is 11.8 Å². The van der Waals surface area contributed by atoms with E-state index in [2.05, 4.69) is 19.2 Å². The summed E-state index contributed by atoms with van der Waals surface area (Å²) in [5, 5.41) is 3.92. The Kier molecular flexibility index (Phi) is 6.18. The molecule has 0 bridgehead atoms. The van der Waals surface area contributed by atoms with Crippen LogP contribution in [0.15, 0.2) is 24.3 Å². The first-order valence-corrected chi connectivity index (χ1v) is 6.48. The van der Waals surface area contributed by atoms with Crippen LogP contribution in [0.2, 0.25) is 0 Å². The van der Waals surface area contributed by atoms with E-state index in [0.29, 0.717) is 17.7 Å². The summed E-state index contributed by atoms with van der Waals surface area (Å²) in [6.07, 6.45) is 0. The van der Waals surface area contributed by atoms with Gasteiger partial charge < -0.3 is 5.32 Å². The molecule has 0 radical (unpaired) electrons. The topological polar surface area (TPSA) is 58.6 Å².